The lowest BCUT2D eigenvalue weighted by Gasteiger charge is -2.11. The highest BCUT2D eigenvalue weighted by atomic mass is 19.3. The number of hydrogen-bond acceptors (Lipinski definition) is 5. The van der Waals surface area contributed by atoms with Crippen LogP contribution in [0.5, 0.6) is 11.5 Å². The molecule has 7 nitrogen and oxygen atoms in total. The van der Waals surface area contributed by atoms with Gasteiger partial charge in [0.05, 0.1) is 7.11 Å². The second-order valence-corrected chi connectivity index (χ2v) is 4.84. The maximum Gasteiger partial charge on any atom is 0.387 e. The predicted octanol–water partition coefficient (Wildman–Crippen LogP) is 2.56. The molecule has 0 bridgehead atoms. The highest BCUT2D eigenvalue weighted by molar-refractivity contribution is 5.93. The lowest BCUT2D eigenvalue weighted by molar-refractivity contribution is -0.0512. The van der Waals surface area contributed by atoms with Crippen LogP contribution in [0.1, 0.15) is 26.7 Å². The summed E-state index contributed by atoms with van der Waals surface area (Å²) in [6.07, 6.45) is 0.335. The van der Waals surface area contributed by atoms with Crippen molar-refractivity contribution in [3.05, 3.63) is 47.4 Å². The Kier molecular flexibility index (Phi) is 5.93. The molecule has 1 heterocycles. The largest absolute Gasteiger partial charge is 0.493 e. The Morgan fingerprint density at radius 1 is 1.20 bits per heavy atom. The molecule has 0 unspecified atom stereocenters. The first kappa shape index (κ1) is 18.2. The lowest BCUT2D eigenvalue weighted by atomic mass is 10.1. The third-order valence-corrected chi connectivity index (χ3v) is 3.18. The van der Waals surface area contributed by atoms with Crippen LogP contribution in [-0.2, 0) is 6.42 Å². The zero-order valence-corrected chi connectivity index (χ0v) is 13.1. The van der Waals surface area contributed by atoms with Crippen molar-refractivity contribution >= 4 is 11.9 Å². The standard InChI is InChI=1S/C16H15F2NO6/c1-23-10-3-2-9(8-13(10)25-16(17)18)6-7-19-14(20)11-4-5-12(24-11)15(21)22/h2-5,8,16H,6-7H2,1H3,(H,19,20)(H,21,22). The summed E-state index contributed by atoms with van der Waals surface area (Å²) in [4.78, 5) is 22.5. The van der Waals surface area contributed by atoms with E-state index in [2.05, 4.69) is 10.1 Å². The van der Waals surface area contributed by atoms with Gasteiger partial charge in [-0.15, -0.1) is 0 Å². The Morgan fingerprint density at radius 2 is 1.92 bits per heavy atom. The van der Waals surface area contributed by atoms with Crippen molar-refractivity contribution in [2.75, 3.05) is 13.7 Å². The Labute approximate surface area is 141 Å². The van der Waals surface area contributed by atoms with Crippen molar-refractivity contribution < 1.29 is 37.4 Å². The van der Waals surface area contributed by atoms with E-state index < -0.39 is 18.5 Å². The van der Waals surface area contributed by atoms with Crippen LogP contribution in [0.2, 0.25) is 0 Å². The minimum absolute atomic E-state index is 0.0986. The molecule has 134 valence electrons. The fraction of sp³-hybridized carbons (Fsp3) is 0.250. The van der Waals surface area contributed by atoms with E-state index in [1.54, 1.807) is 6.07 Å². The number of methoxy groups -OCH3 is 1. The van der Waals surface area contributed by atoms with E-state index >= 15 is 0 Å². The number of benzene rings is 1. The fourth-order valence-corrected chi connectivity index (χ4v) is 2.05. The molecule has 1 aromatic heterocycles. The average Bonchev–Trinajstić information content (AvgIpc) is 3.05. The van der Waals surface area contributed by atoms with Crippen molar-refractivity contribution in [2.24, 2.45) is 0 Å². The van der Waals surface area contributed by atoms with E-state index in [0.717, 1.165) is 0 Å². The van der Waals surface area contributed by atoms with E-state index in [4.69, 9.17) is 14.3 Å². The van der Waals surface area contributed by atoms with E-state index in [0.29, 0.717) is 12.0 Å². The first-order valence-electron chi connectivity index (χ1n) is 7.13. The lowest BCUT2D eigenvalue weighted by Crippen LogP contribution is -2.25. The summed E-state index contributed by atoms with van der Waals surface area (Å²) in [6, 6.07) is 6.96. The topological polar surface area (TPSA) is 98.0 Å². The van der Waals surface area contributed by atoms with Crippen LogP contribution in [0.15, 0.2) is 34.7 Å². The number of rotatable bonds is 8. The molecule has 0 radical (unpaired) electrons. The maximum atomic E-state index is 12.4. The Bertz CT molecular complexity index is 759. The minimum Gasteiger partial charge on any atom is -0.493 e. The molecule has 0 aliphatic heterocycles. The van der Waals surface area contributed by atoms with Gasteiger partial charge < -0.3 is 24.3 Å². The Morgan fingerprint density at radius 3 is 2.52 bits per heavy atom. The highest BCUT2D eigenvalue weighted by Crippen LogP contribution is 2.29. The summed E-state index contributed by atoms with van der Waals surface area (Å²) < 4.78 is 39.0. The molecule has 0 fully saturated rings. The van der Waals surface area contributed by atoms with Gasteiger partial charge in [-0.2, -0.15) is 8.78 Å². The summed E-state index contributed by atoms with van der Waals surface area (Å²) >= 11 is 0. The normalized spacial score (nSPS) is 10.6. The van der Waals surface area contributed by atoms with Gasteiger partial charge in [0.2, 0.25) is 5.76 Å². The van der Waals surface area contributed by atoms with Gasteiger partial charge in [-0.25, -0.2) is 4.79 Å². The van der Waals surface area contributed by atoms with Gasteiger partial charge in [0.25, 0.3) is 5.91 Å². The third kappa shape index (κ3) is 4.93. The number of hydrogen-bond donors (Lipinski definition) is 2. The summed E-state index contributed by atoms with van der Waals surface area (Å²) in [6.45, 7) is -2.80. The summed E-state index contributed by atoms with van der Waals surface area (Å²) in [5.74, 6) is -2.25. The number of halogens is 2. The van der Waals surface area contributed by atoms with Crippen molar-refractivity contribution in [3.8, 4) is 11.5 Å². The van der Waals surface area contributed by atoms with Crippen LogP contribution in [-0.4, -0.2) is 37.2 Å². The fourth-order valence-electron chi connectivity index (χ4n) is 2.05. The second kappa shape index (κ2) is 8.13. The zero-order chi connectivity index (χ0) is 18.4. The first-order valence-corrected chi connectivity index (χ1v) is 7.13. The number of carboxylic acid groups (broad SMARTS) is 1. The number of ether oxygens (including phenoxy) is 2. The van der Waals surface area contributed by atoms with Gasteiger partial charge >= 0.3 is 12.6 Å². The van der Waals surface area contributed by atoms with Crippen molar-refractivity contribution in [1.29, 1.82) is 0 Å². The minimum atomic E-state index is -2.98. The molecule has 9 heteroatoms. The molecule has 0 saturated heterocycles. The number of amides is 1. The summed E-state index contributed by atoms with van der Waals surface area (Å²) in [7, 11) is 1.34. The van der Waals surface area contributed by atoms with Gasteiger partial charge in [0, 0.05) is 6.54 Å². The number of carbonyl (C=O) groups is 2. The molecule has 1 aromatic carbocycles. The smallest absolute Gasteiger partial charge is 0.387 e. The number of carboxylic acids is 1. The molecule has 0 atom stereocenters. The summed E-state index contributed by atoms with van der Waals surface area (Å²) in [5, 5.41) is 11.3. The molecule has 0 aliphatic carbocycles. The van der Waals surface area contributed by atoms with Gasteiger partial charge in [-0.3, -0.25) is 4.79 Å². The highest BCUT2D eigenvalue weighted by Gasteiger charge is 2.15. The quantitative estimate of drug-likeness (QED) is 0.755. The number of nitrogens with one attached hydrogen (secondary N) is 1. The maximum absolute atomic E-state index is 12.4. The number of alkyl halides is 2. The van der Waals surface area contributed by atoms with Gasteiger partial charge in [-0.1, -0.05) is 6.07 Å². The van der Waals surface area contributed by atoms with Crippen LogP contribution in [0, 0.1) is 0 Å². The predicted molar refractivity (Wildman–Crippen MR) is 81.3 cm³/mol. The molecular formula is C16H15F2NO6. The van der Waals surface area contributed by atoms with Crippen LogP contribution >= 0.6 is 0 Å². The molecule has 1 amide bonds. The van der Waals surface area contributed by atoms with Gasteiger partial charge in [-0.05, 0) is 36.2 Å². The van der Waals surface area contributed by atoms with Gasteiger partial charge in [0.1, 0.15) is 0 Å². The first-order chi connectivity index (χ1) is 11.9. The molecule has 0 spiro atoms. The third-order valence-electron chi connectivity index (χ3n) is 3.18. The van der Waals surface area contributed by atoms with Gasteiger partial charge in [0.15, 0.2) is 17.3 Å². The van der Waals surface area contributed by atoms with E-state index in [9.17, 15) is 18.4 Å². The molecule has 2 aromatic rings. The SMILES string of the molecule is COc1ccc(CCNC(=O)c2ccc(C(=O)O)o2)cc1OC(F)F. The van der Waals surface area contributed by atoms with Crippen molar-refractivity contribution in [1.82, 2.24) is 5.32 Å². The molecular weight excluding hydrogens is 340 g/mol. The Hall–Kier alpha value is -3.10. The Balaban J connectivity index is 1.94. The zero-order valence-electron chi connectivity index (χ0n) is 13.1. The molecule has 25 heavy (non-hydrogen) atoms. The van der Waals surface area contributed by atoms with Crippen molar-refractivity contribution in [3.63, 3.8) is 0 Å². The monoisotopic (exact) mass is 355 g/mol. The van der Waals surface area contributed by atoms with E-state index in [1.807, 2.05) is 0 Å². The van der Waals surface area contributed by atoms with E-state index in [-0.39, 0.29) is 29.6 Å². The van der Waals surface area contributed by atoms with Crippen LogP contribution in [0.25, 0.3) is 0 Å². The number of carbonyl (C=O) groups excluding carboxylic acids is 1. The van der Waals surface area contributed by atoms with Crippen molar-refractivity contribution in [2.45, 2.75) is 13.0 Å². The average molecular weight is 355 g/mol. The summed E-state index contributed by atoms with van der Waals surface area (Å²) in [5.41, 5.74) is 0.641. The van der Waals surface area contributed by atoms with E-state index in [1.165, 1.54) is 31.4 Å². The number of furan rings is 1. The number of aromatic carboxylic acids is 1. The molecule has 0 saturated carbocycles. The van der Waals surface area contributed by atoms with Crippen LogP contribution in [0.3, 0.4) is 0 Å². The molecule has 2 N–H and O–H groups in total. The van der Waals surface area contributed by atoms with Crippen LogP contribution in [0.4, 0.5) is 8.78 Å². The van der Waals surface area contributed by atoms with Crippen LogP contribution < -0.4 is 14.8 Å². The second-order valence-electron chi connectivity index (χ2n) is 4.84. The molecule has 0 aliphatic rings. The molecule has 2 rings (SSSR count).